The minimum absolute atomic E-state index is 0.336. The highest BCUT2D eigenvalue weighted by Gasteiger charge is 2.48. The van der Waals surface area contributed by atoms with Crippen molar-refractivity contribution in [3.63, 3.8) is 0 Å². The summed E-state index contributed by atoms with van der Waals surface area (Å²) in [5.41, 5.74) is 5.82. The molecule has 1 aliphatic rings. The van der Waals surface area contributed by atoms with E-state index in [0.29, 0.717) is 13.1 Å². The monoisotopic (exact) mass is 797 g/mol. The van der Waals surface area contributed by atoms with E-state index in [4.69, 9.17) is 10.5 Å². The molecule has 0 saturated carbocycles. The van der Waals surface area contributed by atoms with E-state index in [1.165, 1.54) is 172 Å². The van der Waals surface area contributed by atoms with Gasteiger partial charge < -0.3 is 36.4 Å². The Labute approximate surface area is 344 Å². The fourth-order valence-electron chi connectivity index (χ4n) is 7.96. The Hall–Kier alpha value is -1.46. The summed E-state index contributed by atoms with van der Waals surface area (Å²) >= 11 is 0. The van der Waals surface area contributed by atoms with Crippen molar-refractivity contribution < 1.29 is 29.6 Å². The van der Waals surface area contributed by atoms with E-state index in [1.54, 1.807) is 0 Å². The first-order valence-corrected chi connectivity index (χ1v) is 24.0. The van der Waals surface area contributed by atoms with Gasteiger partial charge in [0.1, 0.15) is 24.4 Å². The van der Waals surface area contributed by atoms with Crippen molar-refractivity contribution in [3.05, 3.63) is 0 Å². The highest BCUT2D eigenvalue weighted by molar-refractivity contribution is 5.81. The molecule has 6 atom stereocenters. The summed E-state index contributed by atoms with van der Waals surface area (Å²) in [5, 5.41) is 37.4. The van der Waals surface area contributed by atoms with E-state index in [-0.39, 0.29) is 6.03 Å². The third kappa shape index (κ3) is 25.8. The van der Waals surface area contributed by atoms with Crippen molar-refractivity contribution in [2.24, 2.45) is 5.73 Å². The number of ether oxygens (including phenoxy) is 1. The topological polar surface area (TPSA) is 157 Å². The van der Waals surface area contributed by atoms with Gasteiger partial charge in [-0.1, -0.05) is 206 Å². The van der Waals surface area contributed by atoms with Gasteiger partial charge in [0.15, 0.2) is 6.23 Å². The summed E-state index contributed by atoms with van der Waals surface area (Å²) in [5.74, 6) is -0.520. The van der Waals surface area contributed by atoms with E-state index in [1.807, 2.05) is 0 Å². The molecule has 0 aliphatic carbocycles. The molecule has 3 amide bonds. The van der Waals surface area contributed by atoms with Crippen LogP contribution < -0.4 is 16.4 Å². The van der Waals surface area contributed by atoms with Crippen LogP contribution in [-0.2, 0) is 9.53 Å². The van der Waals surface area contributed by atoms with Gasteiger partial charge in [-0.3, -0.25) is 9.69 Å². The first kappa shape index (κ1) is 52.6. The molecule has 1 aliphatic heterocycles. The van der Waals surface area contributed by atoms with Crippen molar-refractivity contribution in [1.82, 2.24) is 15.5 Å². The van der Waals surface area contributed by atoms with Crippen LogP contribution in [-0.4, -0.2) is 88.5 Å². The van der Waals surface area contributed by atoms with Crippen LogP contribution in [0.2, 0.25) is 0 Å². The van der Waals surface area contributed by atoms with Crippen LogP contribution in [0.1, 0.15) is 226 Å². The zero-order valence-corrected chi connectivity index (χ0v) is 36.8. The van der Waals surface area contributed by atoms with Gasteiger partial charge in [0, 0.05) is 13.1 Å². The quantitative estimate of drug-likeness (QED) is 0.0340. The molecule has 1 rings (SSSR count). The molecule has 1 fully saturated rings. The largest absolute Gasteiger partial charge is 0.394 e. The Morgan fingerprint density at radius 2 is 0.946 bits per heavy atom. The minimum Gasteiger partial charge on any atom is -0.394 e. The molecule has 0 aromatic rings. The third-order valence-electron chi connectivity index (χ3n) is 11.7. The van der Waals surface area contributed by atoms with Gasteiger partial charge in [0.2, 0.25) is 5.91 Å². The number of carbonyl (C=O) groups is 2. The van der Waals surface area contributed by atoms with Gasteiger partial charge in [-0.2, -0.15) is 0 Å². The van der Waals surface area contributed by atoms with Crippen LogP contribution in [0.3, 0.4) is 0 Å². The number of carbonyl (C=O) groups excluding carboxylic acids is 2. The lowest BCUT2D eigenvalue weighted by Crippen LogP contribution is -2.70. The van der Waals surface area contributed by atoms with E-state index in [0.717, 1.165) is 44.9 Å². The van der Waals surface area contributed by atoms with E-state index >= 15 is 0 Å². The number of nitrogens with two attached hydrogens (primary N) is 1. The molecule has 7 N–H and O–H groups in total. The zero-order valence-electron chi connectivity index (χ0n) is 36.8. The summed E-state index contributed by atoms with van der Waals surface area (Å²) in [7, 11) is 0. The van der Waals surface area contributed by atoms with Crippen molar-refractivity contribution in [2.45, 2.75) is 263 Å². The van der Waals surface area contributed by atoms with E-state index < -0.39 is 49.1 Å². The third-order valence-corrected chi connectivity index (χ3v) is 11.7. The van der Waals surface area contributed by atoms with Gasteiger partial charge in [-0.15, -0.1) is 0 Å². The van der Waals surface area contributed by atoms with Crippen LogP contribution in [0.5, 0.6) is 0 Å². The van der Waals surface area contributed by atoms with Gasteiger partial charge in [-0.25, -0.2) is 4.79 Å². The molecule has 0 aromatic carbocycles. The minimum atomic E-state index is -1.45. The number of hydrogen-bond donors (Lipinski definition) is 6. The molecular formula is C46H92N4O6. The van der Waals surface area contributed by atoms with Crippen LogP contribution in [0.4, 0.5) is 4.79 Å². The van der Waals surface area contributed by atoms with Crippen LogP contribution in [0, 0.1) is 0 Å². The number of urea groups is 1. The maximum absolute atomic E-state index is 13.7. The second kappa shape index (κ2) is 36.6. The highest BCUT2D eigenvalue weighted by Crippen LogP contribution is 2.25. The van der Waals surface area contributed by atoms with Crippen molar-refractivity contribution >= 4 is 11.9 Å². The second-order valence-electron chi connectivity index (χ2n) is 17.1. The first-order chi connectivity index (χ1) is 27.3. The Morgan fingerprint density at radius 1 is 0.589 bits per heavy atom. The molecule has 0 bridgehead atoms. The van der Waals surface area contributed by atoms with E-state index in [9.17, 15) is 24.9 Å². The number of rotatable bonds is 38. The number of hydrogen-bond acceptors (Lipinski definition) is 7. The van der Waals surface area contributed by atoms with Gasteiger partial charge in [0.25, 0.3) is 0 Å². The Morgan fingerprint density at radius 3 is 1.30 bits per heavy atom. The predicted octanol–water partition coefficient (Wildman–Crippen LogP) is 9.79. The van der Waals surface area contributed by atoms with Crippen molar-refractivity contribution in [3.8, 4) is 0 Å². The molecule has 0 radical (unpaired) electrons. The number of nitrogens with one attached hydrogen (secondary N) is 2. The molecule has 10 heteroatoms. The Balaban J connectivity index is 2.49. The second-order valence-corrected chi connectivity index (χ2v) is 17.1. The lowest BCUT2D eigenvalue weighted by molar-refractivity contribution is -0.224. The molecule has 1 heterocycles. The number of aliphatic hydroxyl groups is 3. The van der Waals surface area contributed by atoms with Gasteiger partial charge in [-0.05, 0) is 19.8 Å². The fraction of sp³-hybridized carbons (Fsp3) is 0.957. The van der Waals surface area contributed by atoms with Crippen molar-refractivity contribution in [2.75, 3.05) is 19.7 Å². The lowest BCUT2D eigenvalue weighted by atomic mass is 9.95. The van der Waals surface area contributed by atoms with Gasteiger partial charge >= 0.3 is 6.03 Å². The van der Waals surface area contributed by atoms with Crippen LogP contribution in [0.15, 0.2) is 0 Å². The summed E-state index contributed by atoms with van der Waals surface area (Å²) in [6.45, 7) is 6.42. The molecule has 332 valence electrons. The maximum Gasteiger partial charge on any atom is 0.319 e. The Bertz CT molecular complexity index is 911. The number of unbranched alkanes of at least 4 members (excludes halogenated alkanes) is 30. The molecule has 0 aromatic heterocycles. The van der Waals surface area contributed by atoms with Gasteiger partial charge in [0.05, 0.1) is 12.6 Å². The summed E-state index contributed by atoms with van der Waals surface area (Å²) in [6, 6.07) is -2.29. The summed E-state index contributed by atoms with van der Waals surface area (Å²) in [6.07, 6.45) is 35.5. The van der Waals surface area contributed by atoms with Crippen molar-refractivity contribution in [1.29, 1.82) is 0 Å². The average Bonchev–Trinajstić information content (AvgIpc) is 3.19. The van der Waals surface area contributed by atoms with Crippen LogP contribution in [0.25, 0.3) is 0 Å². The maximum atomic E-state index is 13.7. The summed E-state index contributed by atoms with van der Waals surface area (Å²) < 4.78 is 6.06. The highest BCUT2D eigenvalue weighted by atomic mass is 16.5. The molecule has 0 unspecified atom stereocenters. The molecule has 0 spiro atoms. The summed E-state index contributed by atoms with van der Waals surface area (Å²) in [4.78, 5) is 27.9. The average molecular weight is 797 g/mol. The predicted molar refractivity (Wildman–Crippen MR) is 233 cm³/mol. The SMILES string of the molecule is CCCCCCCCCCCCCCCCCCNC(=O)N(CCCCCCCCCCCCCCCCCC)[C@@H]1O[C@H](CO)[C@@H](O)[C@H](O)[C@H]1NC(=O)[C@H](C)N. The normalized spacial score (nSPS) is 20.2. The molecule has 56 heavy (non-hydrogen) atoms. The standard InChI is InChI=1S/C46H92N4O6/c1-4-6-8-10-12-14-16-18-20-22-24-26-28-30-32-34-36-48-46(55)50(45-41(49-44(54)39(3)47)43(53)42(52)40(38-51)56-45)37-35-33-31-29-27-25-23-21-19-17-15-13-11-9-7-5-2/h39-43,45,51-53H,4-38,47H2,1-3H3,(H,48,55)(H,49,54)/t39-,40+,41+,42+,43+,45+/m0/s1. The number of amides is 3. The number of aliphatic hydroxyl groups excluding tert-OH is 3. The lowest BCUT2D eigenvalue weighted by Gasteiger charge is -2.46. The van der Waals surface area contributed by atoms with E-state index in [2.05, 4.69) is 24.5 Å². The molecular weight excluding hydrogens is 705 g/mol. The number of nitrogens with zero attached hydrogens (tertiary/aromatic N) is 1. The fourth-order valence-corrected chi connectivity index (χ4v) is 7.96. The molecule has 10 nitrogen and oxygen atoms in total. The Kier molecular flexibility index (Phi) is 34.4. The molecule has 1 saturated heterocycles. The zero-order chi connectivity index (χ0) is 41.1. The smallest absolute Gasteiger partial charge is 0.319 e. The van der Waals surface area contributed by atoms with Crippen LogP contribution >= 0.6 is 0 Å². The first-order valence-electron chi connectivity index (χ1n) is 24.0.